The van der Waals surface area contributed by atoms with Crippen molar-refractivity contribution >= 4 is 0 Å². The van der Waals surface area contributed by atoms with Crippen LogP contribution in [0, 0.1) is 0 Å². The summed E-state index contributed by atoms with van der Waals surface area (Å²) >= 11 is 0. The molecule has 0 amide bonds. The van der Waals surface area contributed by atoms with E-state index in [1.807, 2.05) is 0 Å². The Morgan fingerprint density at radius 1 is 0.625 bits per heavy atom. The minimum atomic E-state index is 0.542. The zero-order valence-corrected chi connectivity index (χ0v) is 16.1. The molecular formula is C22H32N2. The molecule has 0 unspecified atom stereocenters. The lowest BCUT2D eigenvalue weighted by Gasteiger charge is -2.25. The third kappa shape index (κ3) is 4.68. The van der Waals surface area contributed by atoms with Crippen LogP contribution >= 0.6 is 0 Å². The zero-order chi connectivity index (χ0) is 17.7. The fourth-order valence-corrected chi connectivity index (χ4v) is 2.74. The van der Waals surface area contributed by atoms with Crippen LogP contribution in [0.2, 0.25) is 0 Å². The molecule has 0 heterocycles. The van der Waals surface area contributed by atoms with Gasteiger partial charge in [0.2, 0.25) is 0 Å². The number of hydrogen-bond donors (Lipinski definition) is 0. The van der Waals surface area contributed by atoms with Crippen LogP contribution < -0.4 is 0 Å². The van der Waals surface area contributed by atoms with Gasteiger partial charge in [0, 0.05) is 25.2 Å². The van der Waals surface area contributed by atoms with E-state index in [-0.39, 0.29) is 0 Å². The third-order valence-corrected chi connectivity index (χ3v) is 4.93. The van der Waals surface area contributed by atoms with Crippen molar-refractivity contribution in [3.8, 4) is 11.1 Å². The van der Waals surface area contributed by atoms with Gasteiger partial charge in [0.1, 0.15) is 0 Å². The van der Waals surface area contributed by atoms with Crippen molar-refractivity contribution in [2.75, 3.05) is 14.1 Å². The molecule has 0 radical (unpaired) electrons. The van der Waals surface area contributed by atoms with Crippen molar-refractivity contribution in [3.05, 3.63) is 59.7 Å². The van der Waals surface area contributed by atoms with Gasteiger partial charge in [-0.3, -0.25) is 9.80 Å². The summed E-state index contributed by atoms with van der Waals surface area (Å²) in [4.78, 5) is 4.78. The van der Waals surface area contributed by atoms with Crippen LogP contribution in [-0.2, 0) is 13.1 Å². The van der Waals surface area contributed by atoms with Crippen LogP contribution in [0.3, 0.4) is 0 Å². The van der Waals surface area contributed by atoms with E-state index in [9.17, 15) is 0 Å². The Bertz CT molecular complexity index is 588. The van der Waals surface area contributed by atoms with Gasteiger partial charge in [-0.05, 0) is 64.0 Å². The Labute approximate surface area is 148 Å². The highest BCUT2D eigenvalue weighted by Gasteiger charge is 2.13. The molecule has 24 heavy (non-hydrogen) atoms. The second kappa shape index (κ2) is 8.46. The number of benzene rings is 2. The first-order valence-electron chi connectivity index (χ1n) is 8.96. The van der Waals surface area contributed by atoms with E-state index < -0.39 is 0 Å². The molecule has 0 atom stereocenters. The summed E-state index contributed by atoms with van der Waals surface area (Å²) in [6, 6.07) is 18.7. The predicted molar refractivity (Wildman–Crippen MR) is 105 cm³/mol. The number of nitrogens with zero attached hydrogens (tertiary/aromatic N) is 2. The minimum Gasteiger partial charge on any atom is -0.300 e. The van der Waals surface area contributed by atoms with Crippen LogP contribution in [0.15, 0.2) is 48.5 Å². The molecule has 0 bridgehead atoms. The van der Waals surface area contributed by atoms with E-state index >= 15 is 0 Å². The summed E-state index contributed by atoms with van der Waals surface area (Å²) in [5.74, 6) is 0. The van der Waals surface area contributed by atoms with Crippen LogP contribution in [0.25, 0.3) is 11.1 Å². The van der Waals surface area contributed by atoms with Crippen molar-refractivity contribution in [3.63, 3.8) is 0 Å². The summed E-state index contributed by atoms with van der Waals surface area (Å²) in [6.07, 6.45) is 0. The maximum absolute atomic E-state index is 2.39. The van der Waals surface area contributed by atoms with Crippen molar-refractivity contribution in [1.82, 2.24) is 9.80 Å². The normalized spacial score (nSPS) is 11.9. The fourth-order valence-electron chi connectivity index (χ4n) is 2.74. The largest absolute Gasteiger partial charge is 0.300 e. The van der Waals surface area contributed by atoms with E-state index in [0.29, 0.717) is 12.1 Å². The highest BCUT2D eigenvalue weighted by Crippen LogP contribution is 2.29. The monoisotopic (exact) mass is 324 g/mol. The van der Waals surface area contributed by atoms with Crippen molar-refractivity contribution < 1.29 is 0 Å². The second-order valence-corrected chi connectivity index (χ2v) is 7.33. The average Bonchev–Trinajstić information content (AvgIpc) is 2.55. The smallest absolute Gasteiger partial charge is 0.0239 e. The molecule has 0 aliphatic heterocycles. The Morgan fingerprint density at radius 3 is 1.29 bits per heavy atom. The zero-order valence-electron chi connectivity index (χ0n) is 16.1. The van der Waals surface area contributed by atoms with E-state index in [0.717, 1.165) is 13.1 Å². The lowest BCUT2D eigenvalue weighted by Crippen LogP contribution is -2.26. The molecule has 2 rings (SSSR count). The van der Waals surface area contributed by atoms with Gasteiger partial charge < -0.3 is 0 Å². The third-order valence-electron chi connectivity index (χ3n) is 4.93. The molecule has 0 fully saturated rings. The van der Waals surface area contributed by atoms with Gasteiger partial charge in [-0.25, -0.2) is 0 Å². The van der Waals surface area contributed by atoms with Crippen LogP contribution in [0.5, 0.6) is 0 Å². The van der Waals surface area contributed by atoms with Gasteiger partial charge in [-0.1, -0.05) is 48.5 Å². The van der Waals surface area contributed by atoms with Gasteiger partial charge in [-0.15, -0.1) is 0 Å². The molecule has 2 aromatic carbocycles. The number of rotatable bonds is 7. The molecule has 130 valence electrons. The van der Waals surface area contributed by atoms with Crippen molar-refractivity contribution in [1.29, 1.82) is 0 Å². The maximum Gasteiger partial charge on any atom is 0.0239 e. The van der Waals surface area contributed by atoms with Gasteiger partial charge >= 0.3 is 0 Å². The molecule has 0 N–H and O–H groups in total. The topological polar surface area (TPSA) is 6.48 Å². The predicted octanol–water partition coefficient (Wildman–Crippen LogP) is 5.03. The lowest BCUT2D eigenvalue weighted by atomic mass is 9.94. The Hall–Kier alpha value is -1.64. The van der Waals surface area contributed by atoms with E-state index in [2.05, 4.69) is 100 Å². The van der Waals surface area contributed by atoms with Gasteiger partial charge in [-0.2, -0.15) is 0 Å². The standard InChI is InChI=1S/C22H32N2/c1-17(2)23(5)15-19-11-7-9-13-21(19)22-14-10-8-12-20(22)16-24(6)18(3)4/h7-14,17-18H,15-16H2,1-6H3. The van der Waals surface area contributed by atoms with Crippen molar-refractivity contribution in [2.24, 2.45) is 0 Å². The maximum atomic E-state index is 2.39. The molecule has 0 aromatic heterocycles. The molecule has 2 nitrogen and oxygen atoms in total. The molecule has 0 saturated carbocycles. The summed E-state index contributed by atoms with van der Waals surface area (Å²) in [5, 5.41) is 0. The van der Waals surface area contributed by atoms with Crippen LogP contribution in [0.4, 0.5) is 0 Å². The molecular weight excluding hydrogens is 292 g/mol. The molecule has 0 aliphatic carbocycles. The second-order valence-electron chi connectivity index (χ2n) is 7.33. The van der Waals surface area contributed by atoms with Crippen LogP contribution in [-0.4, -0.2) is 36.0 Å². The Balaban J connectivity index is 2.39. The Morgan fingerprint density at radius 2 is 0.958 bits per heavy atom. The summed E-state index contributed by atoms with van der Waals surface area (Å²) in [5.41, 5.74) is 5.51. The SMILES string of the molecule is CC(C)N(C)Cc1ccccc1-c1ccccc1CN(C)C(C)C. The average molecular weight is 325 g/mol. The van der Waals surface area contributed by atoms with E-state index in [1.165, 1.54) is 22.3 Å². The number of hydrogen-bond acceptors (Lipinski definition) is 2. The summed E-state index contributed by atoms with van der Waals surface area (Å²) in [7, 11) is 4.39. The first kappa shape index (κ1) is 18.7. The molecule has 2 aromatic rings. The molecule has 0 saturated heterocycles. The van der Waals surface area contributed by atoms with Crippen LogP contribution in [0.1, 0.15) is 38.8 Å². The fraction of sp³-hybridized carbons (Fsp3) is 0.455. The van der Waals surface area contributed by atoms with Gasteiger partial charge in [0.15, 0.2) is 0 Å². The molecule has 2 heteroatoms. The highest BCUT2D eigenvalue weighted by molar-refractivity contribution is 5.70. The quantitative estimate of drug-likeness (QED) is 0.704. The Kier molecular flexibility index (Phi) is 6.59. The highest BCUT2D eigenvalue weighted by atomic mass is 15.1. The van der Waals surface area contributed by atoms with Gasteiger partial charge in [0.05, 0.1) is 0 Å². The molecule has 0 spiro atoms. The van der Waals surface area contributed by atoms with Gasteiger partial charge in [0.25, 0.3) is 0 Å². The lowest BCUT2D eigenvalue weighted by molar-refractivity contribution is 0.265. The summed E-state index contributed by atoms with van der Waals surface area (Å²) in [6.45, 7) is 10.9. The first-order valence-corrected chi connectivity index (χ1v) is 8.96. The van der Waals surface area contributed by atoms with E-state index in [1.54, 1.807) is 0 Å². The summed E-state index contributed by atoms with van der Waals surface area (Å²) < 4.78 is 0. The minimum absolute atomic E-state index is 0.542. The van der Waals surface area contributed by atoms with Crippen molar-refractivity contribution in [2.45, 2.75) is 52.9 Å². The first-order chi connectivity index (χ1) is 11.4. The molecule has 0 aliphatic rings. The van der Waals surface area contributed by atoms with E-state index in [4.69, 9.17) is 0 Å².